The molecule has 0 amide bonds. The lowest BCUT2D eigenvalue weighted by atomic mass is 9.75. The normalized spacial score (nSPS) is 24.5. The fourth-order valence-corrected chi connectivity index (χ4v) is 7.09. The molecule has 3 aromatic rings. The molecule has 2 aromatic carbocycles. The number of aliphatic carboxylic acids is 1. The number of carboxylic acids is 1. The lowest BCUT2D eigenvalue weighted by Gasteiger charge is -2.30. The van der Waals surface area contributed by atoms with Crippen molar-refractivity contribution in [3.63, 3.8) is 0 Å². The van der Waals surface area contributed by atoms with Crippen LogP contribution in [0, 0.1) is 23.0 Å². The van der Waals surface area contributed by atoms with Crippen LogP contribution < -0.4 is 9.47 Å². The van der Waals surface area contributed by atoms with Gasteiger partial charge in [0, 0.05) is 22.6 Å². The van der Waals surface area contributed by atoms with Crippen LogP contribution >= 0.6 is 0 Å². The summed E-state index contributed by atoms with van der Waals surface area (Å²) in [5.74, 6) is -1.08. The van der Waals surface area contributed by atoms with Crippen molar-refractivity contribution in [2.24, 2.45) is 11.3 Å². The van der Waals surface area contributed by atoms with Crippen LogP contribution in [0.3, 0.4) is 0 Å². The molecular formula is C32H33F2NO4. The molecule has 6 rings (SSSR count). The Balaban J connectivity index is 1.34. The van der Waals surface area contributed by atoms with E-state index in [0.717, 1.165) is 49.4 Å². The van der Waals surface area contributed by atoms with Crippen LogP contribution in [0.5, 0.6) is 11.6 Å². The number of ether oxygens (including phenoxy) is 2. The smallest absolute Gasteiger partial charge is 0.307 e. The number of halogens is 2. The maximum Gasteiger partial charge on any atom is 0.307 e. The molecule has 2 saturated carbocycles. The van der Waals surface area contributed by atoms with Crippen molar-refractivity contribution in [2.75, 3.05) is 7.11 Å². The first kappa shape index (κ1) is 25.8. The standard InChI is InChI=1S/C32H33F2NO4/c1-31(2)9-4-5-24(31)22-11-19(27(33)13-21(22)23-14-29(38-3)35-16-28(23)34)17-39-20-7-6-18-8-10-32(25(18)12-20)15-26(32)30(36)37/h6-7,11-14,16,24,26H,4-5,8-10,15,17H2,1-3H3,(H,36,37)/t24-,26-,32-/m0/s1. The fraction of sp³-hybridized carbons (Fsp3) is 0.438. The molecule has 1 N–H and O–H groups in total. The number of hydrogen-bond acceptors (Lipinski definition) is 4. The zero-order valence-electron chi connectivity index (χ0n) is 22.5. The van der Waals surface area contributed by atoms with Gasteiger partial charge in [-0.2, -0.15) is 0 Å². The molecule has 1 heterocycles. The van der Waals surface area contributed by atoms with E-state index >= 15 is 8.78 Å². The molecule has 0 unspecified atom stereocenters. The van der Waals surface area contributed by atoms with Gasteiger partial charge in [-0.3, -0.25) is 4.79 Å². The zero-order valence-corrected chi connectivity index (χ0v) is 22.5. The summed E-state index contributed by atoms with van der Waals surface area (Å²) in [6, 6.07) is 10.6. The van der Waals surface area contributed by atoms with Crippen LogP contribution in [0.25, 0.3) is 11.1 Å². The van der Waals surface area contributed by atoms with Gasteiger partial charge in [-0.25, -0.2) is 13.8 Å². The molecule has 7 heteroatoms. The van der Waals surface area contributed by atoms with Gasteiger partial charge in [-0.15, -0.1) is 0 Å². The van der Waals surface area contributed by atoms with Crippen molar-refractivity contribution in [3.8, 4) is 22.8 Å². The van der Waals surface area contributed by atoms with Crippen molar-refractivity contribution in [3.05, 3.63) is 76.5 Å². The van der Waals surface area contributed by atoms with Crippen LogP contribution in [0.15, 0.2) is 42.6 Å². The summed E-state index contributed by atoms with van der Waals surface area (Å²) >= 11 is 0. The van der Waals surface area contributed by atoms with E-state index in [1.54, 1.807) is 0 Å². The molecule has 2 fully saturated rings. The quantitative estimate of drug-likeness (QED) is 0.348. The molecule has 3 atom stereocenters. The van der Waals surface area contributed by atoms with Crippen LogP contribution in [-0.2, 0) is 23.2 Å². The highest BCUT2D eigenvalue weighted by molar-refractivity contribution is 5.78. The van der Waals surface area contributed by atoms with Crippen LogP contribution in [0.4, 0.5) is 8.78 Å². The zero-order chi connectivity index (χ0) is 27.5. The molecule has 5 nitrogen and oxygen atoms in total. The van der Waals surface area contributed by atoms with Gasteiger partial charge >= 0.3 is 5.97 Å². The SMILES string of the molecule is COc1cc(-c2cc(F)c(COc3ccc4c(c3)[C@]3(CC4)C[C@H]3C(=O)O)cc2[C@@H]2CCCC2(C)C)c(F)cn1. The fourth-order valence-electron chi connectivity index (χ4n) is 7.09. The largest absolute Gasteiger partial charge is 0.489 e. The predicted octanol–water partition coefficient (Wildman–Crippen LogP) is 7.20. The summed E-state index contributed by atoms with van der Waals surface area (Å²) in [6.45, 7) is 4.43. The van der Waals surface area contributed by atoms with Gasteiger partial charge in [-0.1, -0.05) is 26.3 Å². The third-order valence-electron chi connectivity index (χ3n) is 9.41. The number of carboxylic acid groups (broad SMARTS) is 1. The minimum atomic E-state index is -0.748. The third kappa shape index (κ3) is 4.36. The summed E-state index contributed by atoms with van der Waals surface area (Å²) in [6.07, 6.45) is 6.51. The van der Waals surface area contributed by atoms with Gasteiger partial charge in [0.2, 0.25) is 5.88 Å². The maximum absolute atomic E-state index is 15.6. The highest BCUT2D eigenvalue weighted by Gasteiger charge is 2.61. The van der Waals surface area contributed by atoms with E-state index in [1.807, 2.05) is 24.3 Å². The van der Waals surface area contributed by atoms with Gasteiger partial charge in [0.1, 0.15) is 24.0 Å². The van der Waals surface area contributed by atoms with E-state index in [9.17, 15) is 9.90 Å². The second-order valence-corrected chi connectivity index (χ2v) is 12.0. The lowest BCUT2D eigenvalue weighted by Crippen LogP contribution is -2.17. The van der Waals surface area contributed by atoms with E-state index in [-0.39, 0.29) is 40.7 Å². The monoisotopic (exact) mass is 533 g/mol. The second-order valence-electron chi connectivity index (χ2n) is 12.0. The van der Waals surface area contributed by atoms with Crippen LogP contribution in [0.2, 0.25) is 0 Å². The van der Waals surface area contributed by atoms with Gasteiger partial charge in [0.05, 0.1) is 19.2 Å². The number of hydrogen-bond donors (Lipinski definition) is 1. The highest BCUT2D eigenvalue weighted by atomic mass is 19.1. The Hall–Kier alpha value is -3.48. The Bertz CT molecular complexity index is 1470. The van der Waals surface area contributed by atoms with E-state index in [2.05, 4.69) is 18.8 Å². The average molecular weight is 534 g/mol. The second kappa shape index (κ2) is 9.32. The first-order valence-electron chi connectivity index (χ1n) is 13.6. The Labute approximate surface area is 227 Å². The van der Waals surface area contributed by atoms with Crippen molar-refractivity contribution >= 4 is 5.97 Å². The Kier molecular flexibility index (Phi) is 6.16. The van der Waals surface area contributed by atoms with Crippen molar-refractivity contribution in [1.82, 2.24) is 4.98 Å². The minimum Gasteiger partial charge on any atom is -0.489 e. The number of carbonyl (C=O) groups is 1. The molecule has 0 radical (unpaired) electrons. The van der Waals surface area contributed by atoms with E-state index < -0.39 is 17.6 Å². The third-order valence-corrected chi connectivity index (χ3v) is 9.41. The number of rotatable bonds is 7. The van der Waals surface area contributed by atoms with Gasteiger partial charge in [0.25, 0.3) is 0 Å². The van der Waals surface area contributed by atoms with Crippen LogP contribution in [-0.4, -0.2) is 23.2 Å². The Morgan fingerprint density at radius 2 is 1.92 bits per heavy atom. The number of nitrogens with zero attached hydrogens (tertiary/aromatic N) is 1. The summed E-state index contributed by atoms with van der Waals surface area (Å²) in [7, 11) is 1.47. The number of fused-ring (bicyclic) bond motifs is 2. The summed E-state index contributed by atoms with van der Waals surface area (Å²) in [4.78, 5) is 15.6. The molecule has 1 aromatic heterocycles. The Morgan fingerprint density at radius 3 is 2.62 bits per heavy atom. The molecule has 3 aliphatic rings. The summed E-state index contributed by atoms with van der Waals surface area (Å²) < 4.78 is 41.9. The number of methoxy groups -OCH3 is 1. The van der Waals surface area contributed by atoms with E-state index in [0.29, 0.717) is 23.3 Å². The average Bonchev–Trinajstić information content (AvgIpc) is 3.40. The topological polar surface area (TPSA) is 68.7 Å². The Morgan fingerprint density at radius 1 is 1.10 bits per heavy atom. The molecule has 204 valence electrons. The van der Waals surface area contributed by atoms with Crippen molar-refractivity contribution in [2.45, 2.75) is 70.3 Å². The van der Waals surface area contributed by atoms with Crippen molar-refractivity contribution in [1.29, 1.82) is 0 Å². The van der Waals surface area contributed by atoms with Crippen LogP contribution in [0.1, 0.15) is 74.1 Å². The molecule has 39 heavy (non-hydrogen) atoms. The molecular weight excluding hydrogens is 500 g/mol. The van der Waals surface area contributed by atoms with E-state index in [1.165, 1.54) is 24.8 Å². The number of benzene rings is 2. The molecule has 0 saturated heterocycles. The summed E-state index contributed by atoms with van der Waals surface area (Å²) in [5.41, 5.74) is 4.01. The maximum atomic E-state index is 15.6. The molecule has 0 aliphatic heterocycles. The van der Waals surface area contributed by atoms with Gasteiger partial charge in [0.15, 0.2) is 0 Å². The number of pyridine rings is 1. The highest BCUT2D eigenvalue weighted by Crippen LogP contribution is 2.62. The number of aryl methyl sites for hydroxylation is 1. The molecule has 0 bridgehead atoms. The van der Waals surface area contributed by atoms with E-state index in [4.69, 9.17) is 9.47 Å². The first-order valence-corrected chi connectivity index (χ1v) is 13.6. The predicted molar refractivity (Wildman–Crippen MR) is 143 cm³/mol. The first-order chi connectivity index (χ1) is 18.6. The van der Waals surface area contributed by atoms with Gasteiger partial charge < -0.3 is 14.6 Å². The number of aromatic nitrogens is 1. The lowest BCUT2D eigenvalue weighted by molar-refractivity contribution is -0.139. The molecule has 1 spiro atoms. The van der Waals surface area contributed by atoms with Crippen molar-refractivity contribution < 1.29 is 28.2 Å². The van der Waals surface area contributed by atoms with Gasteiger partial charge in [-0.05, 0) is 90.0 Å². The summed E-state index contributed by atoms with van der Waals surface area (Å²) in [5, 5.41) is 9.55. The molecule has 3 aliphatic carbocycles. The minimum absolute atomic E-state index is 0.0163.